The molecule has 1 atom stereocenters. The van der Waals surface area contributed by atoms with Crippen LogP contribution in [0, 0.1) is 0 Å². The number of hydrogen-bond acceptors (Lipinski definition) is 3. The summed E-state index contributed by atoms with van der Waals surface area (Å²) in [5, 5.41) is 9.25. The average molecular weight is 232 g/mol. The minimum atomic E-state index is -0.809. The van der Waals surface area contributed by atoms with Gasteiger partial charge in [0, 0.05) is 11.9 Å². The van der Waals surface area contributed by atoms with Gasteiger partial charge >= 0.3 is 5.97 Å². The Morgan fingerprint density at radius 1 is 1.59 bits per heavy atom. The maximum Gasteiger partial charge on any atom is 0.326 e. The Labute approximate surface area is 97.7 Å². The Morgan fingerprint density at radius 2 is 2.47 bits per heavy atom. The van der Waals surface area contributed by atoms with Crippen molar-refractivity contribution < 1.29 is 14.3 Å². The second-order valence-electron chi connectivity index (χ2n) is 4.17. The molecule has 2 aromatic heterocycles. The Morgan fingerprint density at radius 3 is 3.18 bits per heavy atom. The van der Waals surface area contributed by atoms with Crippen molar-refractivity contribution in [3.63, 3.8) is 0 Å². The number of aryl methyl sites for hydroxylation is 1. The van der Waals surface area contributed by atoms with Crippen LogP contribution in [0.3, 0.4) is 0 Å². The highest BCUT2D eigenvalue weighted by atomic mass is 16.4. The zero-order chi connectivity index (χ0) is 11.8. The molecular formula is C12H12N2O3. The summed E-state index contributed by atoms with van der Waals surface area (Å²) in [5.74, 6) is 0.415. The van der Waals surface area contributed by atoms with Gasteiger partial charge in [0.05, 0.1) is 6.26 Å². The minimum Gasteiger partial charge on any atom is -0.480 e. The third-order valence-corrected chi connectivity index (χ3v) is 3.12. The number of hydrogen-bond donors (Lipinski definition) is 1. The largest absolute Gasteiger partial charge is 0.480 e. The summed E-state index contributed by atoms with van der Waals surface area (Å²) in [6.07, 6.45) is 5.71. The number of furan rings is 1. The fourth-order valence-electron chi connectivity index (χ4n) is 2.36. The number of carboxylic acids is 1. The minimum absolute atomic E-state index is 0.527. The van der Waals surface area contributed by atoms with Crippen LogP contribution in [0.4, 0.5) is 0 Å². The van der Waals surface area contributed by atoms with Crippen LogP contribution in [0.15, 0.2) is 29.0 Å². The number of nitrogens with zero attached hydrogens (tertiary/aromatic N) is 2. The number of rotatable bonds is 2. The maximum absolute atomic E-state index is 11.3. The molecule has 0 spiro atoms. The Kier molecular flexibility index (Phi) is 2.24. The van der Waals surface area contributed by atoms with Gasteiger partial charge in [-0.2, -0.15) is 0 Å². The third kappa shape index (κ3) is 1.54. The Balaban J connectivity index is 2.14. The molecule has 3 rings (SSSR count). The van der Waals surface area contributed by atoms with Crippen LogP contribution < -0.4 is 0 Å². The molecule has 2 aromatic rings. The normalized spacial score (nSPS) is 18.9. The molecule has 0 aliphatic carbocycles. The molecule has 0 saturated heterocycles. The molecule has 0 radical (unpaired) electrons. The van der Waals surface area contributed by atoms with Gasteiger partial charge in [0.2, 0.25) is 0 Å². The third-order valence-electron chi connectivity index (χ3n) is 3.12. The van der Waals surface area contributed by atoms with Gasteiger partial charge in [0.25, 0.3) is 0 Å². The molecule has 5 heteroatoms. The number of imidazole rings is 1. The fraction of sp³-hybridized carbons (Fsp3) is 0.333. The first kappa shape index (κ1) is 10.1. The van der Waals surface area contributed by atoms with E-state index in [9.17, 15) is 9.90 Å². The van der Waals surface area contributed by atoms with Crippen molar-refractivity contribution in [1.29, 1.82) is 0 Å². The van der Waals surface area contributed by atoms with Crippen molar-refractivity contribution in [2.24, 2.45) is 0 Å². The summed E-state index contributed by atoms with van der Waals surface area (Å²) in [6.45, 7) is 0. The van der Waals surface area contributed by atoms with Gasteiger partial charge in [-0.05, 0) is 31.4 Å². The van der Waals surface area contributed by atoms with Crippen molar-refractivity contribution in [2.45, 2.75) is 25.3 Å². The molecule has 1 unspecified atom stereocenters. The number of carboxylic acid groups (broad SMARTS) is 1. The van der Waals surface area contributed by atoms with Crippen LogP contribution in [0.1, 0.15) is 24.6 Å². The summed E-state index contributed by atoms with van der Waals surface area (Å²) in [6, 6.07) is 3.04. The van der Waals surface area contributed by atoms with E-state index in [-0.39, 0.29) is 0 Å². The van der Waals surface area contributed by atoms with E-state index in [1.165, 1.54) is 0 Å². The second kappa shape index (κ2) is 3.76. The van der Waals surface area contributed by atoms with E-state index in [0.717, 1.165) is 18.5 Å². The SMILES string of the molecule is O=C(O)C1CCCc2cnc(-c3ccco3)n21. The zero-order valence-electron chi connectivity index (χ0n) is 9.17. The van der Waals surface area contributed by atoms with Crippen LogP contribution in [-0.2, 0) is 11.2 Å². The highest BCUT2D eigenvalue weighted by Crippen LogP contribution is 2.31. The van der Waals surface area contributed by atoms with Crippen LogP contribution in [0.5, 0.6) is 0 Å². The van der Waals surface area contributed by atoms with E-state index >= 15 is 0 Å². The number of aliphatic carboxylic acids is 1. The lowest BCUT2D eigenvalue weighted by atomic mass is 10.0. The lowest BCUT2D eigenvalue weighted by molar-refractivity contribution is -0.141. The van der Waals surface area contributed by atoms with E-state index in [4.69, 9.17) is 4.42 Å². The first-order chi connectivity index (χ1) is 8.27. The number of fused-ring (bicyclic) bond motifs is 1. The average Bonchev–Trinajstić information content (AvgIpc) is 2.96. The van der Waals surface area contributed by atoms with E-state index in [0.29, 0.717) is 18.0 Å². The molecule has 0 fully saturated rings. The molecule has 0 amide bonds. The van der Waals surface area contributed by atoms with Crippen molar-refractivity contribution in [3.8, 4) is 11.6 Å². The molecule has 0 saturated carbocycles. The smallest absolute Gasteiger partial charge is 0.326 e. The predicted molar refractivity (Wildman–Crippen MR) is 59.5 cm³/mol. The lowest BCUT2D eigenvalue weighted by Crippen LogP contribution is -2.25. The van der Waals surface area contributed by atoms with Crippen LogP contribution >= 0.6 is 0 Å². The second-order valence-corrected chi connectivity index (χ2v) is 4.17. The maximum atomic E-state index is 11.3. The summed E-state index contributed by atoms with van der Waals surface area (Å²) in [4.78, 5) is 15.5. The highest BCUT2D eigenvalue weighted by Gasteiger charge is 2.29. The molecule has 1 aliphatic heterocycles. The molecule has 17 heavy (non-hydrogen) atoms. The van der Waals surface area contributed by atoms with Crippen LogP contribution in [-0.4, -0.2) is 20.6 Å². The molecule has 1 N–H and O–H groups in total. The summed E-state index contributed by atoms with van der Waals surface area (Å²) >= 11 is 0. The highest BCUT2D eigenvalue weighted by molar-refractivity contribution is 5.73. The summed E-state index contributed by atoms with van der Waals surface area (Å²) in [7, 11) is 0. The first-order valence-electron chi connectivity index (χ1n) is 5.60. The first-order valence-corrected chi connectivity index (χ1v) is 5.60. The van der Waals surface area contributed by atoms with Gasteiger partial charge in [-0.25, -0.2) is 9.78 Å². The van der Waals surface area contributed by atoms with Crippen molar-refractivity contribution in [3.05, 3.63) is 30.3 Å². The van der Waals surface area contributed by atoms with E-state index in [2.05, 4.69) is 4.98 Å². The standard InChI is InChI=1S/C12H12N2O3/c15-12(16)9-4-1-3-8-7-13-11(14(8)9)10-5-2-6-17-10/h2,5-7,9H,1,3-4H2,(H,15,16). The van der Waals surface area contributed by atoms with E-state index < -0.39 is 12.0 Å². The van der Waals surface area contributed by atoms with Crippen LogP contribution in [0.25, 0.3) is 11.6 Å². The van der Waals surface area contributed by atoms with E-state index in [1.54, 1.807) is 29.2 Å². The predicted octanol–water partition coefficient (Wildman–Crippen LogP) is 2.11. The van der Waals surface area contributed by atoms with Gasteiger partial charge in [0.15, 0.2) is 11.6 Å². The van der Waals surface area contributed by atoms with Crippen LogP contribution in [0.2, 0.25) is 0 Å². The molecule has 5 nitrogen and oxygen atoms in total. The van der Waals surface area contributed by atoms with Gasteiger partial charge in [-0.3, -0.25) is 0 Å². The lowest BCUT2D eigenvalue weighted by Gasteiger charge is -2.23. The van der Waals surface area contributed by atoms with E-state index in [1.807, 2.05) is 0 Å². The number of aromatic nitrogens is 2. The van der Waals surface area contributed by atoms with Gasteiger partial charge in [0.1, 0.15) is 6.04 Å². The zero-order valence-corrected chi connectivity index (χ0v) is 9.17. The van der Waals surface area contributed by atoms with Crippen molar-refractivity contribution in [1.82, 2.24) is 9.55 Å². The fourth-order valence-corrected chi connectivity index (χ4v) is 2.36. The summed E-state index contributed by atoms with van der Waals surface area (Å²) in [5.41, 5.74) is 0.968. The van der Waals surface area contributed by atoms with Crippen molar-refractivity contribution >= 4 is 5.97 Å². The topological polar surface area (TPSA) is 68.3 Å². The monoisotopic (exact) mass is 232 g/mol. The molecule has 0 aromatic carbocycles. The Bertz CT molecular complexity index is 542. The molecule has 3 heterocycles. The van der Waals surface area contributed by atoms with Gasteiger partial charge in [-0.1, -0.05) is 0 Å². The molecule has 88 valence electrons. The molecule has 1 aliphatic rings. The van der Waals surface area contributed by atoms with Gasteiger partial charge < -0.3 is 14.1 Å². The van der Waals surface area contributed by atoms with Gasteiger partial charge in [-0.15, -0.1) is 0 Å². The molecular weight excluding hydrogens is 220 g/mol. The number of carbonyl (C=O) groups is 1. The molecule has 0 bridgehead atoms. The van der Waals surface area contributed by atoms with Crippen molar-refractivity contribution in [2.75, 3.05) is 0 Å². The Hall–Kier alpha value is -2.04. The quantitative estimate of drug-likeness (QED) is 0.860. The summed E-state index contributed by atoms with van der Waals surface area (Å²) < 4.78 is 7.08.